The van der Waals surface area contributed by atoms with Crippen molar-refractivity contribution in [3.05, 3.63) is 23.2 Å². The van der Waals surface area contributed by atoms with Crippen LogP contribution in [-0.2, 0) is 0 Å². The number of halogens is 1. The van der Waals surface area contributed by atoms with Gasteiger partial charge in [0.15, 0.2) is 4.34 Å². The van der Waals surface area contributed by atoms with E-state index in [9.17, 15) is 0 Å². The number of benzene rings is 1. The van der Waals surface area contributed by atoms with Gasteiger partial charge in [-0.2, -0.15) is 10.5 Å². The molecule has 6 heteroatoms. The summed E-state index contributed by atoms with van der Waals surface area (Å²) in [5.74, 6) is 0.575. The molecule has 0 fully saturated rings. The second kappa shape index (κ2) is 6.77. The highest BCUT2D eigenvalue weighted by atomic mass is 35.5. The van der Waals surface area contributed by atoms with Crippen molar-refractivity contribution in [3.63, 3.8) is 0 Å². The van der Waals surface area contributed by atoms with Gasteiger partial charge in [-0.3, -0.25) is 0 Å². The van der Waals surface area contributed by atoms with E-state index < -0.39 is 0 Å². The largest absolute Gasteiger partial charge is 0.230 e. The van der Waals surface area contributed by atoms with E-state index >= 15 is 0 Å². The third-order valence-corrected chi connectivity index (χ3v) is 5.10. The maximum atomic E-state index is 9.00. The molecule has 0 amide bonds. The minimum absolute atomic E-state index is 0.0970. The van der Waals surface area contributed by atoms with Gasteiger partial charge in [0, 0.05) is 17.2 Å². The molecule has 1 aromatic carbocycles. The predicted octanol–water partition coefficient (Wildman–Crippen LogP) is 4.49. The average Bonchev–Trinajstić information content (AvgIpc) is 2.81. The van der Waals surface area contributed by atoms with Gasteiger partial charge < -0.3 is 0 Å². The number of nitriles is 2. The molecule has 1 heterocycles. The first-order valence-electron chi connectivity index (χ1n) is 5.68. The van der Waals surface area contributed by atoms with Gasteiger partial charge in [0.1, 0.15) is 0 Å². The number of thiazole rings is 1. The predicted molar refractivity (Wildman–Crippen MR) is 79.3 cm³/mol. The van der Waals surface area contributed by atoms with Crippen LogP contribution in [0.25, 0.3) is 10.2 Å². The molecule has 2 aromatic rings. The number of thioether (sulfide) groups is 1. The van der Waals surface area contributed by atoms with Crippen LogP contribution in [0.1, 0.15) is 12.8 Å². The average molecular weight is 308 g/mol. The highest BCUT2D eigenvalue weighted by molar-refractivity contribution is 8.01. The first kappa shape index (κ1) is 14.1. The van der Waals surface area contributed by atoms with Gasteiger partial charge in [0.05, 0.1) is 28.3 Å². The Morgan fingerprint density at radius 1 is 1.42 bits per heavy atom. The number of aromatic nitrogens is 1. The monoisotopic (exact) mass is 307 g/mol. The summed E-state index contributed by atoms with van der Waals surface area (Å²) in [5, 5.41) is 18.2. The van der Waals surface area contributed by atoms with Crippen LogP contribution in [0.3, 0.4) is 0 Å². The summed E-state index contributed by atoms with van der Waals surface area (Å²) in [6.07, 6.45) is 1.05. The second-order valence-corrected chi connectivity index (χ2v) is 6.66. The molecule has 0 saturated carbocycles. The molecule has 0 aliphatic carbocycles. The molecule has 0 aliphatic rings. The van der Waals surface area contributed by atoms with Crippen molar-refractivity contribution in [2.45, 2.75) is 17.2 Å². The van der Waals surface area contributed by atoms with Crippen molar-refractivity contribution in [1.82, 2.24) is 4.98 Å². The lowest BCUT2D eigenvalue weighted by atomic mass is 10.1. The van der Waals surface area contributed by atoms with Crippen LogP contribution in [-0.4, -0.2) is 10.7 Å². The van der Waals surface area contributed by atoms with Crippen molar-refractivity contribution >= 4 is 44.9 Å². The molecule has 2 rings (SSSR count). The molecule has 0 N–H and O–H groups in total. The lowest BCUT2D eigenvalue weighted by Gasteiger charge is -2.03. The third kappa shape index (κ3) is 3.84. The smallest absolute Gasteiger partial charge is 0.151 e. The van der Waals surface area contributed by atoms with Gasteiger partial charge in [-0.1, -0.05) is 23.4 Å². The van der Waals surface area contributed by atoms with E-state index in [2.05, 4.69) is 17.1 Å². The Morgan fingerprint density at radius 2 is 2.26 bits per heavy atom. The number of fused-ring (bicyclic) bond motifs is 1. The van der Waals surface area contributed by atoms with Gasteiger partial charge in [0.2, 0.25) is 0 Å². The van der Waals surface area contributed by atoms with Gasteiger partial charge in [-0.15, -0.1) is 11.3 Å². The van der Waals surface area contributed by atoms with Gasteiger partial charge >= 0.3 is 0 Å². The number of nitrogens with zero attached hydrogens (tertiary/aromatic N) is 3. The zero-order valence-electron chi connectivity index (χ0n) is 9.97. The highest BCUT2D eigenvalue weighted by Crippen LogP contribution is 2.32. The molecule has 0 unspecified atom stereocenters. The molecule has 0 spiro atoms. The molecule has 1 aromatic heterocycles. The van der Waals surface area contributed by atoms with Crippen LogP contribution in [0.15, 0.2) is 22.5 Å². The third-order valence-electron chi connectivity index (χ3n) is 2.53. The Bertz CT molecular complexity index is 654. The summed E-state index contributed by atoms with van der Waals surface area (Å²) in [4.78, 5) is 4.48. The van der Waals surface area contributed by atoms with Crippen LogP contribution in [0.4, 0.5) is 0 Å². The molecule has 96 valence electrons. The molecule has 0 aliphatic heterocycles. The molecule has 0 saturated heterocycles. The molecule has 3 nitrogen and oxygen atoms in total. The van der Waals surface area contributed by atoms with E-state index in [4.69, 9.17) is 22.1 Å². The van der Waals surface area contributed by atoms with E-state index in [0.29, 0.717) is 23.6 Å². The Labute approximate surface area is 124 Å². The van der Waals surface area contributed by atoms with E-state index in [1.54, 1.807) is 23.1 Å². The summed E-state index contributed by atoms with van der Waals surface area (Å²) >= 11 is 9.09. The number of hydrogen-bond donors (Lipinski definition) is 0. The highest BCUT2D eigenvalue weighted by Gasteiger charge is 2.10. The molecule has 0 bridgehead atoms. The second-order valence-electron chi connectivity index (χ2n) is 3.93. The standard InChI is InChI=1S/C13H10ClN3S2/c14-10-3-4-12-11(6-10)17-13(19-12)18-8-9(7-16)2-1-5-15/h3-4,6,9H,1-2,8H2/t9-/m0/s1. The topological polar surface area (TPSA) is 60.5 Å². The van der Waals surface area contributed by atoms with Crippen molar-refractivity contribution in [2.24, 2.45) is 5.92 Å². The van der Waals surface area contributed by atoms with Crippen molar-refractivity contribution in [2.75, 3.05) is 5.75 Å². The summed E-state index contributed by atoms with van der Waals surface area (Å²) < 4.78 is 2.03. The SMILES string of the molecule is N#CCC[C@@H](C#N)CSc1nc2cc(Cl)ccc2s1. The normalized spacial score (nSPS) is 11.9. The zero-order valence-corrected chi connectivity index (χ0v) is 12.4. The quantitative estimate of drug-likeness (QED) is 0.764. The van der Waals surface area contributed by atoms with Crippen LogP contribution in [0.5, 0.6) is 0 Å². The minimum atomic E-state index is -0.0970. The van der Waals surface area contributed by atoms with Crippen LogP contribution in [0.2, 0.25) is 5.02 Å². The van der Waals surface area contributed by atoms with Gasteiger partial charge in [0.25, 0.3) is 0 Å². The maximum absolute atomic E-state index is 9.00. The fraction of sp³-hybridized carbons (Fsp3) is 0.308. The lowest BCUT2D eigenvalue weighted by molar-refractivity contribution is 0.685. The number of rotatable bonds is 5. The van der Waals surface area contributed by atoms with Gasteiger partial charge in [-0.05, 0) is 24.6 Å². The fourth-order valence-corrected chi connectivity index (χ4v) is 3.84. The number of hydrogen-bond acceptors (Lipinski definition) is 5. The summed E-state index contributed by atoms with van der Waals surface area (Å²) in [7, 11) is 0. The Balaban J connectivity index is 2.01. The van der Waals surface area contributed by atoms with Gasteiger partial charge in [-0.25, -0.2) is 4.98 Å². The molecular formula is C13H10ClN3S2. The molecule has 0 radical (unpaired) electrons. The van der Waals surface area contributed by atoms with Crippen LogP contribution < -0.4 is 0 Å². The first-order chi connectivity index (χ1) is 9.22. The van der Waals surface area contributed by atoms with E-state index in [1.165, 1.54) is 0 Å². The summed E-state index contributed by atoms with van der Waals surface area (Å²) in [6, 6.07) is 9.95. The molecular weight excluding hydrogens is 298 g/mol. The van der Waals surface area contributed by atoms with Crippen LogP contribution in [0, 0.1) is 28.6 Å². The zero-order chi connectivity index (χ0) is 13.7. The van der Waals surface area contributed by atoms with Crippen molar-refractivity contribution < 1.29 is 0 Å². The van der Waals surface area contributed by atoms with E-state index in [-0.39, 0.29) is 5.92 Å². The molecule has 1 atom stereocenters. The van der Waals surface area contributed by atoms with Crippen LogP contribution >= 0.6 is 34.7 Å². The lowest BCUT2D eigenvalue weighted by Crippen LogP contribution is -1.99. The van der Waals surface area contributed by atoms with Crippen molar-refractivity contribution in [3.8, 4) is 12.1 Å². The van der Waals surface area contributed by atoms with E-state index in [0.717, 1.165) is 14.6 Å². The van der Waals surface area contributed by atoms with Crippen molar-refractivity contribution in [1.29, 1.82) is 10.5 Å². The summed E-state index contributed by atoms with van der Waals surface area (Å²) in [6.45, 7) is 0. The Hall–Kier alpha value is -1.27. The Kier molecular flexibility index (Phi) is 5.04. The Morgan fingerprint density at radius 3 is 3.00 bits per heavy atom. The van der Waals surface area contributed by atoms with E-state index in [1.807, 2.05) is 18.2 Å². The fourth-order valence-electron chi connectivity index (χ4n) is 1.54. The minimum Gasteiger partial charge on any atom is -0.230 e. The molecule has 19 heavy (non-hydrogen) atoms. The first-order valence-corrected chi connectivity index (χ1v) is 7.86. The summed E-state index contributed by atoms with van der Waals surface area (Å²) in [5.41, 5.74) is 0.894. The maximum Gasteiger partial charge on any atom is 0.151 e.